The van der Waals surface area contributed by atoms with Crippen molar-refractivity contribution in [2.75, 3.05) is 0 Å². The van der Waals surface area contributed by atoms with E-state index >= 15 is 0 Å². The summed E-state index contributed by atoms with van der Waals surface area (Å²) in [6.45, 7) is 3.74. The van der Waals surface area contributed by atoms with E-state index in [0.29, 0.717) is 6.42 Å². The second kappa shape index (κ2) is 16.8. The van der Waals surface area contributed by atoms with Crippen LogP contribution in [0.3, 0.4) is 0 Å². The molecule has 0 heterocycles. The van der Waals surface area contributed by atoms with Gasteiger partial charge in [0.2, 0.25) is 0 Å². The van der Waals surface area contributed by atoms with Crippen molar-refractivity contribution in [1.82, 2.24) is 0 Å². The molecule has 2 nitrogen and oxygen atoms in total. The maximum absolute atomic E-state index is 10.3. The van der Waals surface area contributed by atoms with Crippen molar-refractivity contribution < 1.29 is 9.90 Å². The second-order valence-electron chi connectivity index (χ2n) is 5.61. The van der Waals surface area contributed by atoms with Crippen molar-refractivity contribution in [2.45, 2.75) is 89.9 Å². The van der Waals surface area contributed by atoms with Gasteiger partial charge < -0.3 is 5.11 Å². The van der Waals surface area contributed by atoms with Gasteiger partial charge in [-0.25, -0.2) is 0 Å². The van der Waals surface area contributed by atoms with E-state index < -0.39 is 5.97 Å². The van der Waals surface area contributed by atoms with Gasteiger partial charge in [-0.2, -0.15) is 0 Å². The number of carboxylic acids is 1. The van der Waals surface area contributed by atoms with Gasteiger partial charge in [0.1, 0.15) is 0 Å². The smallest absolute Gasteiger partial charge is 0.304 e. The van der Waals surface area contributed by atoms with Crippen molar-refractivity contribution >= 4 is 5.97 Å². The lowest BCUT2D eigenvalue weighted by atomic mass is 10.1. The number of aliphatic carboxylic acids is 1. The molecule has 0 spiro atoms. The van der Waals surface area contributed by atoms with Crippen LogP contribution in [-0.2, 0) is 4.79 Å². The van der Waals surface area contributed by atoms with Gasteiger partial charge in [0.25, 0.3) is 0 Å². The molecule has 0 aromatic rings. The Bertz CT molecular complexity index is 309. The molecule has 120 valence electrons. The van der Waals surface area contributed by atoms with Gasteiger partial charge in [-0.3, -0.25) is 4.79 Å². The highest BCUT2D eigenvalue weighted by molar-refractivity contribution is 5.66. The summed E-state index contributed by atoms with van der Waals surface area (Å²) in [4.78, 5) is 10.3. The highest BCUT2D eigenvalue weighted by atomic mass is 16.4. The van der Waals surface area contributed by atoms with Crippen LogP contribution in [0.15, 0.2) is 12.7 Å². The average Bonchev–Trinajstić information content (AvgIpc) is 2.46. The molecule has 1 N–H and O–H groups in total. The zero-order chi connectivity index (χ0) is 15.6. The topological polar surface area (TPSA) is 37.3 Å². The quantitative estimate of drug-likeness (QED) is 0.252. The van der Waals surface area contributed by atoms with Crippen molar-refractivity contribution in [2.24, 2.45) is 0 Å². The van der Waals surface area contributed by atoms with Crippen molar-refractivity contribution in [3.8, 4) is 11.8 Å². The number of carboxylic acid groups (broad SMARTS) is 1. The van der Waals surface area contributed by atoms with Gasteiger partial charge >= 0.3 is 5.97 Å². The molecule has 2 heteroatoms. The molecule has 0 fully saturated rings. The number of allylic oxidation sites excluding steroid dienone is 1. The summed E-state index contributed by atoms with van der Waals surface area (Å²) in [5.74, 6) is 5.22. The Balaban J connectivity index is 3.08. The Morgan fingerprint density at radius 2 is 1.29 bits per heavy atom. The molecule has 21 heavy (non-hydrogen) atoms. The number of hydrogen-bond donors (Lipinski definition) is 1. The third-order valence-corrected chi connectivity index (χ3v) is 3.55. The fourth-order valence-electron chi connectivity index (χ4n) is 2.26. The molecule has 0 radical (unpaired) electrons. The molecular weight excluding hydrogens is 260 g/mol. The third-order valence-electron chi connectivity index (χ3n) is 3.55. The van der Waals surface area contributed by atoms with Crippen LogP contribution >= 0.6 is 0 Å². The molecule has 0 aromatic heterocycles. The molecule has 0 bridgehead atoms. The summed E-state index contributed by atoms with van der Waals surface area (Å²) >= 11 is 0. The predicted molar refractivity (Wildman–Crippen MR) is 90.2 cm³/mol. The van der Waals surface area contributed by atoms with Crippen molar-refractivity contribution in [1.29, 1.82) is 0 Å². The second-order valence-corrected chi connectivity index (χ2v) is 5.61. The molecular formula is C19H32O2. The monoisotopic (exact) mass is 292 g/mol. The van der Waals surface area contributed by atoms with Crippen LogP contribution in [0.4, 0.5) is 0 Å². The molecule has 0 atom stereocenters. The van der Waals surface area contributed by atoms with E-state index in [4.69, 9.17) is 5.11 Å². The van der Waals surface area contributed by atoms with E-state index in [-0.39, 0.29) is 6.42 Å². The molecule has 0 aliphatic heterocycles. The minimum Gasteiger partial charge on any atom is -0.481 e. The van der Waals surface area contributed by atoms with Crippen LogP contribution in [0.25, 0.3) is 0 Å². The maximum Gasteiger partial charge on any atom is 0.304 e. The number of carbonyl (C=O) groups is 1. The minimum atomic E-state index is -0.759. The highest BCUT2D eigenvalue weighted by Gasteiger charge is 1.93. The Morgan fingerprint density at radius 3 is 1.81 bits per heavy atom. The molecule has 0 aromatic carbocycles. The molecule has 0 aliphatic rings. The molecule has 0 saturated carbocycles. The SMILES string of the molecule is C=CCCCCCCCCCCCCC#CCCC(=O)O. The van der Waals surface area contributed by atoms with Crippen LogP contribution in [0.1, 0.15) is 89.9 Å². The van der Waals surface area contributed by atoms with Gasteiger partial charge in [0.15, 0.2) is 0 Å². The maximum atomic E-state index is 10.3. The molecule has 0 saturated heterocycles. The van der Waals surface area contributed by atoms with E-state index in [1.54, 1.807) is 0 Å². The first-order valence-corrected chi connectivity index (χ1v) is 8.55. The average molecular weight is 292 g/mol. The van der Waals surface area contributed by atoms with Gasteiger partial charge in [-0.05, 0) is 19.3 Å². The fraction of sp³-hybridized carbons (Fsp3) is 0.737. The molecule has 0 amide bonds. The van der Waals surface area contributed by atoms with Crippen LogP contribution in [0.5, 0.6) is 0 Å². The van der Waals surface area contributed by atoms with E-state index in [2.05, 4.69) is 18.4 Å². The van der Waals surface area contributed by atoms with Crippen molar-refractivity contribution in [3.05, 3.63) is 12.7 Å². The Kier molecular flexibility index (Phi) is 15.8. The van der Waals surface area contributed by atoms with Gasteiger partial charge in [0.05, 0.1) is 6.42 Å². The largest absolute Gasteiger partial charge is 0.481 e. The van der Waals surface area contributed by atoms with Crippen molar-refractivity contribution in [3.63, 3.8) is 0 Å². The van der Waals surface area contributed by atoms with Gasteiger partial charge in [-0.1, -0.05) is 57.4 Å². The Labute approximate surface area is 131 Å². The summed E-state index contributed by atoms with van der Waals surface area (Å²) in [7, 11) is 0. The normalized spacial score (nSPS) is 9.90. The predicted octanol–water partition coefficient (Wildman–Crippen LogP) is 5.72. The first-order chi connectivity index (χ1) is 10.3. The summed E-state index contributed by atoms with van der Waals surface area (Å²) in [6, 6.07) is 0. The highest BCUT2D eigenvalue weighted by Crippen LogP contribution is 2.11. The number of unbranched alkanes of at least 4 members (excludes halogenated alkanes) is 11. The summed E-state index contributed by atoms with van der Waals surface area (Å²) < 4.78 is 0. The number of hydrogen-bond acceptors (Lipinski definition) is 1. The molecule has 0 rings (SSSR count). The third kappa shape index (κ3) is 18.8. The lowest BCUT2D eigenvalue weighted by molar-refractivity contribution is -0.136. The first-order valence-electron chi connectivity index (χ1n) is 8.55. The Morgan fingerprint density at radius 1 is 0.810 bits per heavy atom. The van der Waals surface area contributed by atoms with Crippen LogP contribution in [0.2, 0.25) is 0 Å². The first kappa shape index (κ1) is 19.8. The zero-order valence-electron chi connectivity index (χ0n) is 13.5. The summed E-state index contributed by atoms with van der Waals surface area (Å²) in [5, 5.41) is 8.46. The number of rotatable bonds is 14. The fourth-order valence-corrected chi connectivity index (χ4v) is 2.26. The van der Waals surface area contributed by atoms with E-state index in [0.717, 1.165) is 12.8 Å². The van der Waals surface area contributed by atoms with E-state index in [1.165, 1.54) is 64.2 Å². The lowest BCUT2D eigenvalue weighted by Gasteiger charge is -2.01. The van der Waals surface area contributed by atoms with E-state index in [9.17, 15) is 4.79 Å². The Hall–Kier alpha value is -1.23. The van der Waals surface area contributed by atoms with Crippen LogP contribution in [0, 0.1) is 11.8 Å². The molecule has 0 unspecified atom stereocenters. The summed E-state index contributed by atoms with van der Waals surface area (Å²) in [6.07, 6.45) is 18.0. The standard InChI is InChI=1S/C19H32O2/c1-2-3-4-5-6-7-8-9-10-11-12-13-14-15-16-17-18-19(20)21/h2H,1,3-14,17-18H2,(H,20,21). The van der Waals surface area contributed by atoms with Gasteiger partial charge in [0, 0.05) is 12.8 Å². The lowest BCUT2D eigenvalue weighted by Crippen LogP contribution is -1.91. The van der Waals surface area contributed by atoms with Crippen LogP contribution in [-0.4, -0.2) is 11.1 Å². The van der Waals surface area contributed by atoms with Crippen LogP contribution < -0.4 is 0 Å². The minimum absolute atomic E-state index is 0.167. The van der Waals surface area contributed by atoms with Gasteiger partial charge in [-0.15, -0.1) is 18.4 Å². The van der Waals surface area contributed by atoms with E-state index in [1.807, 2.05) is 6.08 Å². The molecule has 0 aliphatic carbocycles. The zero-order valence-corrected chi connectivity index (χ0v) is 13.5. The summed E-state index contributed by atoms with van der Waals surface area (Å²) in [5.41, 5.74) is 0.